The number of carbonyl (C=O) groups is 2. The van der Waals surface area contributed by atoms with E-state index in [0.717, 1.165) is 29.8 Å². The van der Waals surface area contributed by atoms with E-state index in [1.807, 2.05) is 29.2 Å². The largest absolute Gasteiger partial charge is 0.355 e. The number of amides is 2. The molecule has 1 heterocycles. The Morgan fingerprint density at radius 2 is 1.80 bits per heavy atom. The highest BCUT2D eigenvalue weighted by Gasteiger charge is 2.37. The van der Waals surface area contributed by atoms with Gasteiger partial charge in [-0.2, -0.15) is 0 Å². The average Bonchev–Trinajstić information content (AvgIpc) is 2.82. The molecule has 3 rings (SSSR count). The minimum absolute atomic E-state index is 0.0124. The van der Waals surface area contributed by atoms with Crippen LogP contribution >= 0.6 is 11.6 Å². The molecule has 1 aliphatic carbocycles. The second kappa shape index (κ2) is 8.70. The van der Waals surface area contributed by atoms with E-state index in [4.69, 9.17) is 11.6 Å². The molecule has 5 heteroatoms. The van der Waals surface area contributed by atoms with E-state index in [1.165, 1.54) is 25.7 Å². The van der Waals surface area contributed by atoms with E-state index in [-0.39, 0.29) is 17.7 Å². The summed E-state index contributed by atoms with van der Waals surface area (Å²) >= 11 is 5.88. The molecule has 4 nitrogen and oxygen atoms in total. The second-order valence-corrected chi connectivity index (χ2v) is 7.70. The van der Waals surface area contributed by atoms with E-state index < -0.39 is 0 Å². The molecular weight excluding hydrogens is 336 g/mol. The lowest BCUT2D eigenvalue weighted by Crippen LogP contribution is -2.38. The van der Waals surface area contributed by atoms with Crippen molar-refractivity contribution in [2.45, 2.75) is 57.4 Å². The minimum Gasteiger partial charge on any atom is -0.355 e. The standard InChI is InChI=1S/C20H27ClN2O2/c21-17-9-7-15(8-10-17)11-12-22-20(25)16-13-19(24)23(14-16)18-5-3-1-2-4-6-18/h7-10,16,18H,1-6,11-14H2,(H,22,25)/t16-/m1/s1. The molecule has 136 valence electrons. The highest BCUT2D eigenvalue weighted by Crippen LogP contribution is 2.28. The maximum Gasteiger partial charge on any atom is 0.225 e. The molecule has 1 aromatic rings. The second-order valence-electron chi connectivity index (χ2n) is 7.26. The van der Waals surface area contributed by atoms with E-state index in [9.17, 15) is 9.59 Å². The maximum atomic E-state index is 12.4. The molecule has 2 aliphatic rings. The predicted octanol–water partition coefficient (Wildman–Crippen LogP) is 3.57. The first-order chi connectivity index (χ1) is 12.1. The van der Waals surface area contributed by atoms with Crippen molar-refractivity contribution in [1.82, 2.24) is 10.2 Å². The van der Waals surface area contributed by atoms with Crippen LogP contribution in [0.25, 0.3) is 0 Å². The van der Waals surface area contributed by atoms with Gasteiger partial charge < -0.3 is 10.2 Å². The van der Waals surface area contributed by atoms with Crippen LogP contribution in [0.3, 0.4) is 0 Å². The molecule has 1 aromatic carbocycles. The lowest BCUT2D eigenvalue weighted by molar-refractivity contribution is -0.130. The predicted molar refractivity (Wildman–Crippen MR) is 99.5 cm³/mol. The van der Waals surface area contributed by atoms with Crippen LogP contribution in [0.5, 0.6) is 0 Å². The van der Waals surface area contributed by atoms with Gasteiger partial charge in [0.25, 0.3) is 0 Å². The van der Waals surface area contributed by atoms with Crippen molar-refractivity contribution in [1.29, 1.82) is 0 Å². The normalized spacial score (nSPS) is 22.0. The van der Waals surface area contributed by atoms with E-state index in [0.29, 0.717) is 25.6 Å². The van der Waals surface area contributed by atoms with Crippen molar-refractivity contribution < 1.29 is 9.59 Å². The summed E-state index contributed by atoms with van der Waals surface area (Å²) in [4.78, 5) is 26.8. The molecule has 0 unspecified atom stereocenters. The Bertz CT molecular complexity index is 594. The number of nitrogens with zero attached hydrogens (tertiary/aromatic N) is 1. The first kappa shape index (κ1) is 18.2. The first-order valence-corrected chi connectivity index (χ1v) is 9.83. The Hall–Kier alpha value is -1.55. The topological polar surface area (TPSA) is 49.4 Å². The zero-order valence-electron chi connectivity index (χ0n) is 14.7. The Labute approximate surface area is 154 Å². The molecule has 1 saturated carbocycles. The molecular formula is C20H27ClN2O2. The summed E-state index contributed by atoms with van der Waals surface area (Å²) in [5.41, 5.74) is 1.15. The number of halogens is 1. The number of hydrogen-bond donors (Lipinski definition) is 1. The van der Waals surface area contributed by atoms with Gasteiger partial charge in [-0.3, -0.25) is 9.59 Å². The van der Waals surface area contributed by atoms with Crippen LogP contribution in [-0.2, 0) is 16.0 Å². The van der Waals surface area contributed by atoms with E-state index >= 15 is 0 Å². The van der Waals surface area contributed by atoms with Crippen LogP contribution in [0.1, 0.15) is 50.5 Å². The highest BCUT2D eigenvalue weighted by molar-refractivity contribution is 6.30. The lowest BCUT2D eigenvalue weighted by Gasteiger charge is -2.27. The summed E-state index contributed by atoms with van der Waals surface area (Å²) in [5, 5.41) is 3.71. The lowest BCUT2D eigenvalue weighted by atomic mass is 10.1. The van der Waals surface area contributed by atoms with Crippen molar-refractivity contribution >= 4 is 23.4 Å². The SMILES string of the molecule is O=C(NCCc1ccc(Cl)cc1)[C@@H]1CC(=O)N(C2CCCCCC2)C1. The van der Waals surface area contributed by atoms with Crippen LogP contribution in [0.4, 0.5) is 0 Å². The van der Waals surface area contributed by atoms with Gasteiger partial charge in [0.15, 0.2) is 0 Å². The molecule has 2 fully saturated rings. The Morgan fingerprint density at radius 1 is 1.12 bits per heavy atom. The molecule has 1 aliphatic heterocycles. The molecule has 0 aromatic heterocycles. The average molecular weight is 363 g/mol. The van der Waals surface area contributed by atoms with E-state index in [1.54, 1.807) is 0 Å². The number of benzene rings is 1. The third kappa shape index (κ3) is 4.97. The Balaban J connectivity index is 1.46. The van der Waals surface area contributed by atoms with E-state index in [2.05, 4.69) is 5.32 Å². The van der Waals surface area contributed by atoms with Crippen LogP contribution in [-0.4, -0.2) is 35.8 Å². The molecule has 2 amide bonds. The summed E-state index contributed by atoms with van der Waals surface area (Å²) in [7, 11) is 0. The zero-order chi connectivity index (χ0) is 17.6. The summed E-state index contributed by atoms with van der Waals surface area (Å²) in [6.45, 7) is 1.19. The fraction of sp³-hybridized carbons (Fsp3) is 0.600. The first-order valence-electron chi connectivity index (χ1n) is 9.45. The highest BCUT2D eigenvalue weighted by atomic mass is 35.5. The molecule has 1 N–H and O–H groups in total. The monoisotopic (exact) mass is 362 g/mol. The van der Waals surface area contributed by atoms with Crippen LogP contribution in [0.2, 0.25) is 5.02 Å². The summed E-state index contributed by atoms with van der Waals surface area (Å²) < 4.78 is 0. The summed E-state index contributed by atoms with van der Waals surface area (Å²) in [5.74, 6) is -0.0239. The summed E-state index contributed by atoms with van der Waals surface area (Å²) in [6.07, 6.45) is 8.27. The Morgan fingerprint density at radius 3 is 2.48 bits per heavy atom. The van der Waals surface area contributed by atoms with Gasteiger partial charge in [0, 0.05) is 30.6 Å². The zero-order valence-corrected chi connectivity index (χ0v) is 15.4. The van der Waals surface area contributed by atoms with Crippen molar-refractivity contribution in [2.75, 3.05) is 13.1 Å². The van der Waals surface area contributed by atoms with Crippen molar-refractivity contribution in [3.8, 4) is 0 Å². The number of carbonyl (C=O) groups excluding carboxylic acids is 2. The molecule has 0 bridgehead atoms. The van der Waals surface area contributed by atoms with Gasteiger partial charge >= 0.3 is 0 Å². The van der Waals surface area contributed by atoms with Gasteiger partial charge in [-0.25, -0.2) is 0 Å². The van der Waals surface area contributed by atoms with Crippen LogP contribution in [0.15, 0.2) is 24.3 Å². The third-order valence-electron chi connectivity index (χ3n) is 5.42. The number of rotatable bonds is 5. The van der Waals surface area contributed by atoms with Crippen molar-refractivity contribution in [2.24, 2.45) is 5.92 Å². The van der Waals surface area contributed by atoms with Crippen molar-refractivity contribution in [3.05, 3.63) is 34.9 Å². The molecule has 25 heavy (non-hydrogen) atoms. The number of nitrogens with one attached hydrogen (secondary N) is 1. The molecule has 0 spiro atoms. The molecule has 0 radical (unpaired) electrons. The fourth-order valence-electron chi connectivity index (χ4n) is 3.96. The molecule has 1 saturated heterocycles. The smallest absolute Gasteiger partial charge is 0.225 e. The van der Waals surface area contributed by atoms with Crippen LogP contribution in [0, 0.1) is 5.92 Å². The van der Waals surface area contributed by atoms with Gasteiger partial charge in [-0.15, -0.1) is 0 Å². The number of hydrogen-bond acceptors (Lipinski definition) is 2. The Kier molecular flexibility index (Phi) is 6.35. The maximum absolute atomic E-state index is 12.4. The molecule has 1 atom stereocenters. The van der Waals surface area contributed by atoms with Gasteiger partial charge in [-0.05, 0) is 37.0 Å². The number of likely N-dealkylation sites (tertiary alicyclic amines) is 1. The van der Waals surface area contributed by atoms with Gasteiger partial charge in [-0.1, -0.05) is 49.4 Å². The minimum atomic E-state index is -0.194. The van der Waals surface area contributed by atoms with Gasteiger partial charge in [0.1, 0.15) is 0 Å². The van der Waals surface area contributed by atoms with Crippen molar-refractivity contribution in [3.63, 3.8) is 0 Å². The fourth-order valence-corrected chi connectivity index (χ4v) is 4.08. The summed E-state index contributed by atoms with van der Waals surface area (Å²) in [6, 6.07) is 8.02. The van der Waals surface area contributed by atoms with Gasteiger partial charge in [0.05, 0.1) is 5.92 Å². The van der Waals surface area contributed by atoms with Gasteiger partial charge in [0.2, 0.25) is 11.8 Å². The van der Waals surface area contributed by atoms with Crippen LogP contribution < -0.4 is 5.32 Å². The third-order valence-corrected chi connectivity index (χ3v) is 5.67. The quantitative estimate of drug-likeness (QED) is 0.814.